The van der Waals surface area contributed by atoms with E-state index in [0.717, 1.165) is 5.56 Å². The van der Waals surface area contributed by atoms with E-state index in [0.29, 0.717) is 17.9 Å². The first-order valence-electron chi connectivity index (χ1n) is 10.5. The van der Waals surface area contributed by atoms with Crippen molar-refractivity contribution in [1.29, 1.82) is 0 Å². The first-order chi connectivity index (χ1) is 16.0. The number of amides is 3. The van der Waals surface area contributed by atoms with Crippen molar-refractivity contribution in [2.45, 2.75) is 25.9 Å². The first-order valence-corrected chi connectivity index (χ1v) is 10.5. The van der Waals surface area contributed by atoms with E-state index in [4.69, 9.17) is 0 Å². The summed E-state index contributed by atoms with van der Waals surface area (Å²) in [7, 11) is 0. The molecule has 1 aromatic heterocycles. The van der Waals surface area contributed by atoms with Gasteiger partial charge in [-0.25, -0.2) is 9.37 Å². The number of pyridine rings is 1. The van der Waals surface area contributed by atoms with E-state index < -0.39 is 0 Å². The summed E-state index contributed by atoms with van der Waals surface area (Å²) in [5.74, 6) is -1.02. The van der Waals surface area contributed by atoms with Crippen molar-refractivity contribution in [3.63, 3.8) is 0 Å². The van der Waals surface area contributed by atoms with Gasteiger partial charge in [-0.1, -0.05) is 48.5 Å². The van der Waals surface area contributed by atoms with Gasteiger partial charge in [0, 0.05) is 32.1 Å². The molecule has 3 aromatic rings. The number of carbonyl (C=O) groups is 3. The normalized spacial score (nSPS) is 10.3. The van der Waals surface area contributed by atoms with Gasteiger partial charge < -0.3 is 15.5 Å². The Labute approximate surface area is 191 Å². The molecule has 0 atom stereocenters. The third-order valence-corrected chi connectivity index (χ3v) is 4.80. The summed E-state index contributed by atoms with van der Waals surface area (Å²) >= 11 is 0. The molecule has 2 aromatic carbocycles. The molecular formula is C25H25FN4O3. The Morgan fingerprint density at radius 2 is 1.55 bits per heavy atom. The molecule has 3 rings (SSSR count). The average molecular weight is 448 g/mol. The summed E-state index contributed by atoms with van der Waals surface area (Å²) in [6, 6.07) is 20.3. The van der Waals surface area contributed by atoms with Crippen molar-refractivity contribution in [1.82, 2.24) is 15.2 Å². The average Bonchev–Trinajstić information content (AvgIpc) is 2.83. The van der Waals surface area contributed by atoms with Crippen molar-refractivity contribution in [3.05, 3.63) is 95.9 Å². The number of rotatable bonds is 10. The SMILES string of the molecule is O=C(CN(Cc1ccc(F)cc1)C(=O)CCC(=O)Nc1ccccn1)NCc1ccccc1. The van der Waals surface area contributed by atoms with Gasteiger partial charge in [0.05, 0.1) is 6.54 Å². The van der Waals surface area contributed by atoms with Crippen LogP contribution in [0.3, 0.4) is 0 Å². The quantitative estimate of drug-likeness (QED) is 0.498. The van der Waals surface area contributed by atoms with Gasteiger partial charge in [-0.2, -0.15) is 0 Å². The number of nitrogens with zero attached hydrogens (tertiary/aromatic N) is 2. The van der Waals surface area contributed by atoms with E-state index in [1.165, 1.54) is 17.0 Å². The van der Waals surface area contributed by atoms with Gasteiger partial charge in [0.25, 0.3) is 0 Å². The molecule has 0 aliphatic carbocycles. The number of anilines is 1. The van der Waals surface area contributed by atoms with Crippen LogP contribution in [0.15, 0.2) is 79.0 Å². The zero-order valence-corrected chi connectivity index (χ0v) is 18.0. The van der Waals surface area contributed by atoms with Crippen LogP contribution in [0.2, 0.25) is 0 Å². The fourth-order valence-corrected chi connectivity index (χ4v) is 3.09. The lowest BCUT2D eigenvalue weighted by Crippen LogP contribution is -2.40. The lowest BCUT2D eigenvalue weighted by atomic mass is 10.2. The summed E-state index contributed by atoms with van der Waals surface area (Å²) in [5.41, 5.74) is 1.62. The lowest BCUT2D eigenvalue weighted by Gasteiger charge is -2.22. The Balaban J connectivity index is 1.58. The van der Waals surface area contributed by atoms with Crippen molar-refractivity contribution < 1.29 is 18.8 Å². The summed E-state index contributed by atoms with van der Waals surface area (Å²) in [4.78, 5) is 42.9. The van der Waals surface area contributed by atoms with Crippen molar-refractivity contribution in [3.8, 4) is 0 Å². The van der Waals surface area contributed by atoms with E-state index >= 15 is 0 Å². The third-order valence-electron chi connectivity index (χ3n) is 4.80. The van der Waals surface area contributed by atoms with Crippen molar-refractivity contribution in [2.75, 3.05) is 11.9 Å². The van der Waals surface area contributed by atoms with Crippen LogP contribution in [0, 0.1) is 5.82 Å². The first kappa shape index (κ1) is 23.6. The molecule has 0 saturated carbocycles. The standard InChI is InChI=1S/C25H25FN4O3/c26-21-11-9-20(10-12-21)17-30(18-24(32)28-16-19-6-2-1-3-7-19)25(33)14-13-23(31)29-22-8-4-5-15-27-22/h1-12,15H,13-14,16-18H2,(H,28,32)(H,27,29,31). The van der Waals surface area contributed by atoms with Gasteiger partial charge in [-0.15, -0.1) is 0 Å². The van der Waals surface area contributed by atoms with E-state index in [9.17, 15) is 18.8 Å². The minimum Gasteiger partial charge on any atom is -0.350 e. The molecule has 170 valence electrons. The Bertz CT molecular complexity index is 1060. The van der Waals surface area contributed by atoms with Crippen LogP contribution in [0.5, 0.6) is 0 Å². The Morgan fingerprint density at radius 1 is 0.818 bits per heavy atom. The number of carbonyl (C=O) groups excluding carboxylic acids is 3. The maximum Gasteiger partial charge on any atom is 0.239 e. The van der Waals surface area contributed by atoms with Gasteiger partial charge in [0.2, 0.25) is 17.7 Å². The Hall–Kier alpha value is -4.07. The molecule has 0 radical (unpaired) electrons. The number of benzene rings is 2. The highest BCUT2D eigenvalue weighted by atomic mass is 19.1. The molecule has 0 saturated heterocycles. The van der Waals surface area contributed by atoms with Crippen LogP contribution in [-0.4, -0.2) is 34.2 Å². The van der Waals surface area contributed by atoms with Crippen LogP contribution < -0.4 is 10.6 Å². The second-order valence-electron chi connectivity index (χ2n) is 7.40. The molecule has 0 bridgehead atoms. The fourth-order valence-electron chi connectivity index (χ4n) is 3.09. The van der Waals surface area contributed by atoms with Gasteiger partial charge in [0.1, 0.15) is 11.6 Å². The summed E-state index contributed by atoms with van der Waals surface area (Å²) in [6.07, 6.45) is 1.42. The van der Waals surface area contributed by atoms with Crippen LogP contribution >= 0.6 is 0 Å². The largest absolute Gasteiger partial charge is 0.350 e. The van der Waals surface area contributed by atoms with Gasteiger partial charge in [-0.05, 0) is 35.4 Å². The van der Waals surface area contributed by atoms with Crippen molar-refractivity contribution >= 4 is 23.5 Å². The van der Waals surface area contributed by atoms with Crippen LogP contribution in [0.25, 0.3) is 0 Å². The molecule has 8 heteroatoms. The topological polar surface area (TPSA) is 91.4 Å². The van der Waals surface area contributed by atoms with Gasteiger partial charge >= 0.3 is 0 Å². The second-order valence-corrected chi connectivity index (χ2v) is 7.40. The maximum atomic E-state index is 13.2. The third kappa shape index (κ3) is 8.17. The summed E-state index contributed by atoms with van der Waals surface area (Å²) in [6.45, 7) is 0.287. The number of hydrogen-bond donors (Lipinski definition) is 2. The smallest absolute Gasteiger partial charge is 0.239 e. The van der Waals surface area contributed by atoms with E-state index in [1.54, 1.807) is 36.5 Å². The molecule has 3 amide bonds. The molecular weight excluding hydrogens is 423 g/mol. The second kappa shape index (κ2) is 12.1. The predicted octanol–water partition coefficient (Wildman–Crippen LogP) is 3.28. The maximum absolute atomic E-state index is 13.2. The highest BCUT2D eigenvalue weighted by Crippen LogP contribution is 2.10. The van der Waals surface area contributed by atoms with E-state index in [-0.39, 0.29) is 49.5 Å². The number of hydrogen-bond acceptors (Lipinski definition) is 4. The molecule has 1 heterocycles. The molecule has 7 nitrogen and oxygen atoms in total. The minimum absolute atomic E-state index is 0.0546. The monoisotopic (exact) mass is 448 g/mol. The predicted molar refractivity (Wildman–Crippen MR) is 122 cm³/mol. The highest BCUT2D eigenvalue weighted by molar-refractivity contribution is 5.93. The van der Waals surface area contributed by atoms with Crippen LogP contribution in [0.1, 0.15) is 24.0 Å². The number of aromatic nitrogens is 1. The van der Waals surface area contributed by atoms with Gasteiger partial charge in [-0.3, -0.25) is 14.4 Å². The molecule has 0 aliphatic heterocycles. The summed E-state index contributed by atoms with van der Waals surface area (Å²) in [5, 5.41) is 5.43. The van der Waals surface area contributed by atoms with Crippen LogP contribution in [-0.2, 0) is 27.5 Å². The number of nitrogens with one attached hydrogen (secondary N) is 2. The molecule has 0 spiro atoms. The Kier molecular flexibility index (Phi) is 8.64. The van der Waals surface area contributed by atoms with E-state index in [2.05, 4.69) is 15.6 Å². The van der Waals surface area contributed by atoms with Crippen LogP contribution in [0.4, 0.5) is 10.2 Å². The zero-order valence-electron chi connectivity index (χ0n) is 18.0. The molecule has 0 fully saturated rings. The number of halogens is 1. The van der Waals surface area contributed by atoms with Gasteiger partial charge in [0.15, 0.2) is 0 Å². The Morgan fingerprint density at radius 3 is 2.24 bits per heavy atom. The van der Waals surface area contributed by atoms with E-state index in [1.807, 2.05) is 30.3 Å². The lowest BCUT2D eigenvalue weighted by molar-refractivity contribution is -0.137. The zero-order chi connectivity index (χ0) is 23.5. The summed E-state index contributed by atoms with van der Waals surface area (Å²) < 4.78 is 13.2. The molecule has 0 aliphatic rings. The molecule has 2 N–H and O–H groups in total. The molecule has 33 heavy (non-hydrogen) atoms. The minimum atomic E-state index is -0.386. The molecule has 0 unspecified atom stereocenters. The fraction of sp³-hybridized carbons (Fsp3) is 0.200. The van der Waals surface area contributed by atoms with Crippen molar-refractivity contribution in [2.24, 2.45) is 0 Å². The highest BCUT2D eigenvalue weighted by Gasteiger charge is 2.19.